The first-order valence-electron chi connectivity index (χ1n) is 7.21. The molecule has 1 heterocycles. The smallest absolute Gasteiger partial charge is 0.213 e. The Morgan fingerprint density at radius 3 is 2.95 bits per heavy atom. The number of hydrogen-bond donors (Lipinski definition) is 1. The van der Waals surface area contributed by atoms with E-state index in [2.05, 4.69) is 35.4 Å². The lowest BCUT2D eigenvalue weighted by Gasteiger charge is -2.16. The van der Waals surface area contributed by atoms with Gasteiger partial charge >= 0.3 is 0 Å². The van der Waals surface area contributed by atoms with E-state index in [0.717, 1.165) is 18.5 Å². The largest absolute Gasteiger partial charge is 0.478 e. The second-order valence-corrected chi connectivity index (χ2v) is 5.26. The van der Waals surface area contributed by atoms with Crippen molar-refractivity contribution in [2.75, 3.05) is 11.9 Å². The van der Waals surface area contributed by atoms with E-state index in [1.807, 2.05) is 25.3 Å². The molecule has 1 aromatic heterocycles. The number of aromatic nitrogens is 1. The zero-order chi connectivity index (χ0) is 13.9. The van der Waals surface area contributed by atoms with Crippen LogP contribution in [0.3, 0.4) is 0 Å². The van der Waals surface area contributed by atoms with Gasteiger partial charge in [-0.1, -0.05) is 23.8 Å². The van der Waals surface area contributed by atoms with Crippen LogP contribution in [0.25, 0.3) is 0 Å². The van der Waals surface area contributed by atoms with Crippen LogP contribution in [0.2, 0.25) is 0 Å². The molecule has 3 heteroatoms. The highest BCUT2D eigenvalue weighted by molar-refractivity contribution is 5.48. The highest BCUT2D eigenvalue weighted by atomic mass is 16.5. The highest BCUT2D eigenvalue weighted by Crippen LogP contribution is 2.34. The average Bonchev–Trinajstić information content (AvgIpc) is 2.84. The lowest BCUT2D eigenvalue weighted by Crippen LogP contribution is -2.07. The third-order valence-electron chi connectivity index (χ3n) is 3.75. The first kappa shape index (κ1) is 13.0. The molecule has 20 heavy (non-hydrogen) atoms. The first-order valence-corrected chi connectivity index (χ1v) is 7.21. The number of nitrogens with zero attached hydrogens (tertiary/aromatic N) is 1. The molecule has 1 unspecified atom stereocenters. The monoisotopic (exact) mass is 268 g/mol. The average molecular weight is 268 g/mol. The molecule has 2 aromatic rings. The van der Waals surface area contributed by atoms with E-state index in [0.29, 0.717) is 18.5 Å². The number of pyridine rings is 1. The molecule has 0 saturated heterocycles. The van der Waals surface area contributed by atoms with E-state index in [4.69, 9.17) is 4.74 Å². The summed E-state index contributed by atoms with van der Waals surface area (Å²) in [6.07, 6.45) is 4.14. The van der Waals surface area contributed by atoms with Crippen molar-refractivity contribution in [3.05, 3.63) is 53.2 Å². The topological polar surface area (TPSA) is 34.1 Å². The molecule has 0 saturated carbocycles. The molecule has 0 bridgehead atoms. The summed E-state index contributed by atoms with van der Waals surface area (Å²) >= 11 is 0. The van der Waals surface area contributed by atoms with Crippen LogP contribution in [0.1, 0.15) is 36.1 Å². The molecule has 1 aliphatic rings. The van der Waals surface area contributed by atoms with Gasteiger partial charge in [-0.25, -0.2) is 4.98 Å². The van der Waals surface area contributed by atoms with Crippen molar-refractivity contribution in [2.24, 2.45) is 0 Å². The van der Waals surface area contributed by atoms with Crippen molar-refractivity contribution in [1.29, 1.82) is 0 Å². The SMILES string of the molecule is CCOc1ccc(NC2CCc3ccc(C)cc32)cn1. The number of fused-ring (bicyclic) bond motifs is 1. The number of benzene rings is 1. The molecule has 0 aliphatic heterocycles. The minimum atomic E-state index is 0.393. The number of nitrogens with one attached hydrogen (secondary N) is 1. The predicted molar refractivity (Wildman–Crippen MR) is 81.3 cm³/mol. The number of anilines is 1. The van der Waals surface area contributed by atoms with Gasteiger partial charge in [0.1, 0.15) is 0 Å². The van der Waals surface area contributed by atoms with Crippen LogP contribution >= 0.6 is 0 Å². The molecule has 1 N–H and O–H groups in total. The molecular formula is C17H20N2O. The Hall–Kier alpha value is -2.03. The predicted octanol–water partition coefficient (Wildman–Crippen LogP) is 3.89. The van der Waals surface area contributed by atoms with Gasteiger partial charge in [0, 0.05) is 6.07 Å². The van der Waals surface area contributed by atoms with Crippen LogP contribution in [0.4, 0.5) is 5.69 Å². The number of rotatable bonds is 4. The molecule has 1 aliphatic carbocycles. The summed E-state index contributed by atoms with van der Waals surface area (Å²) in [6.45, 7) is 4.76. The molecule has 1 aromatic carbocycles. The summed E-state index contributed by atoms with van der Waals surface area (Å²) in [4.78, 5) is 4.30. The maximum absolute atomic E-state index is 5.36. The fourth-order valence-electron chi connectivity index (χ4n) is 2.77. The van der Waals surface area contributed by atoms with Gasteiger partial charge in [0.15, 0.2) is 0 Å². The second-order valence-electron chi connectivity index (χ2n) is 5.26. The van der Waals surface area contributed by atoms with Crippen LogP contribution in [0.5, 0.6) is 5.88 Å². The van der Waals surface area contributed by atoms with Gasteiger partial charge in [0.25, 0.3) is 0 Å². The Balaban J connectivity index is 1.75. The number of hydrogen-bond acceptors (Lipinski definition) is 3. The van der Waals surface area contributed by atoms with Crippen molar-refractivity contribution in [2.45, 2.75) is 32.7 Å². The number of ether oxygens (including phenoxy) is 1. The van der Waals surface area contributed by atoms with E-state index in [1.165, 1.54) is 16.7 Å². The van der Waals surface area contributed by atoms with Gasteiger partial charge in [-0.15, -0.1) is 0 Å². The van der Waals surface area contributed by atoms with Crippen LogP contribution in [0, 0.1) is 6.92 Å². The molecule has 0 radical (unpaired) electrons. The van der Waals surface area contributed by atoms with Crippen molar-refractivity contribution in [3.8, 4) is 5.88 Å². The zero-order valence-electron chi connectivity index (χ0n) is 12.0. The highest BCUT2D eigenvalue weighted by Gasteiger charge is 2.22. The van der Waals surface area contributed by atoms with E-state index < -0.39 is 0 Å². The fourth-order valence-corrected chi connectivity index (χ4v) is 2.77. The zero-order valence-corrected chi connectivity index (χ0v) is 12.0. The minimum absolute atomic E-state index is 0.393. The lowest BCUT2D eigenvalue weighted by atomic mass is 10.0. The molecule has 0 spiro atoms. The first-order chi connectivity index (χ1) is 9.76. The minimum Gasteiger partial charge on any atom is -0.478 e. The van der Waals surface area contributed by atoms with E-state index in [9.17, 15) is 0 Å². The Bertz CT molecular complexity index is 592. The van der Waals surface area contributed by atoms with E-state index in [1.54, 1.807) is 0 Å². The molecule has 104 valence electrons. The van der Waals surface area contributed by atoms with Crippen LogP contribution in [-0.2, 0) is 6.42 Å². The molecular weight excluding hydrogens is 248 g/mol. The van der Waals surface area contributed by atoms with Crippen LogP contribution in [-0.4, -0.2) is 11.6 Å². The molecule has 0 fully saturated rings. The summed E-state index contributed by atoms with van der Waals surface area (Å²) in [6, 6.07) is 11.1. The normalized spacial score (nSPS) is 16.8. The van der Waals surface area contributed by atoms with Crippen molar-refractivity contribution < 1.29 is 4.74 Å². The molecule has 1 atom stereocenters. The van der Waals surface area contributed by atoms with Crippen LogP contribution in [0.15, 0.2) is 36.5 Å². The summed E-state index contributed by atoms with van der Waals surface area (Å²) in [5.41, 5.74) is 5.26. The van der Waals surface area contributed by atoms with E-state index in [-0.39, 0.29) is 0 Å². The van der Waals surface area contributed by atoms with Gasteiger partial charge < -0.3 is 10.1 Å². The summed E-state index contributed by atoms with van der Waals surface area (Å²) in [5, 5.41) is 3.58. The third-order valence-corrected chi connectivity index (χ3v) is 3.75. The quantitative estimate of drug-likeness (QED) is 0.913. The van der Waals surface area contributed by atoms with Gasteiger partial charge in [0.2, 0.25) is 5.88 Å². The maximum atomic E-state index is 5.36. The summed E-state index contributed by atoms with van der Waals surface area (Å²) < 4.78 is 5.36. The maximum Gasteiger partial charge on any atom is 0.213 e. The van der Waals surface area contributed by atoms with Crippen molar-refractivity contribution >= 4 is 5.69 Å². The van der Waals surface area contributed by atoms with E-state index >= 15 is 0 Å². The fraction of sp³-hybridized carbons (Fsp3) is 0.353. The molecule has 3 nitrogen and oxygen atoms in total. The molecule has 3 rings (SSSR count). The van der Waals surface area contributed by atoms with Gasteiger partial charge in [-0.3, -0.25) is 0 Å². The Morgan fingerprint density at radius 1 is 1.30 bits per heavy atom. The van der Waals surface area contributed by atoms with Crippen molar-refractivity contribution in [1.82, 2.24) is 4.98 Å². The summed E-state index contributed by atoms with van der Waals surface area (Å²) in [5.74, 6) is 0.681. The Labute approximate surface area is 120 Å². The van der Waals surface area contributed by atoms with Gasteiger partial charge in [-0.05, 0) is 43.9 Å². The van der Waals surface area contributed by atoms with Gasteiger partial charge in [0.05, 0.1) is 24.5 Å². The Kier molecular flexibility index (Phi) is 3.59. The van der Waals surface area contributed by atoms with Crippen molar-refractivity contribution in [3.63, 3.8) is 0 Å². The van der Waals surface area contributed by atoms with Crippen LogP contribution < -0.4 is 10.1 Å². The molecule has 0 amide bonds. The van der Waals surface area contributed by atoms with Gasteiger partial charge in [-0.2, -0.15) is 0 Å². The third kappa shape index (κ3) is 2.62. The second kappa shape index (κ2) is 5.53. The number of aryl methyl sites for hydroxylation is 2. The summed E-state index contributed by atoms with van der Waals surface area (Å²) in [7, 11) is 0. The standard InChI is InChI=1S/C17H20N2O/c1-3-20-17-9-7-14(11-18-17)19-16-8-6-13-5-4-12(2)10-15(13)16/h4-5,7,9-11,16,19H,3,6,8H2,1-2H3. The lowest BCUT2D eigenvalue weighted by molar-refractivity contribution is 0.327. The Morgan fingerprint density at radius 2 is 2.20 bits per heavy atom.